The molecule has 0 aliphatic carbocycles. The number of carbonyl (C=O) groups is 1. The monoisotopic (exact) mass is 231 g/mol. The predicted molar refractivity (Wildman–Crippen MR) is 64.4 cm³/mol. The molecule has 0 aliphatic heterocycles. The smallest absolute Gasteiger partial charge is 0.232 e. The Bertz CT molecular complexity index is 508. The molecule has 1 aromatic carbocycles. The van der Waals surface area contributed by atoms with Crippen LogP contribution in [0.4, 0.5) is 11.5 Å². The van der Waals surface area contributed by atoms with Crippen LogP contribution < -0.4 is 11.1 Å². The predicted octanol–water partition coefficient (Wildman–Crippen LogP) is 2.00. The highest BCUT2D eigenvalue weighted by Gasteiger charge is 2.16. The van der Waals surface area contributed by atoms with Crippen molar-refractivity contribution in [3.8, 4) is 0 Å². The Morgan fingerprint density at radius 3 is 2.94 bits per heavy atom. The number of nitrogens with one attached hydrogen (secondary N) is 1. The fourth-order valence-corrected chi connectivity index (χ4v) is 1.49. The van der Waals surface area contributed by atoms with Gasteiger partial charge in [-0.15, -0.1) is 0 Å². The molecular weight excluding hydrogens is 218 g/mol. The lowest BCUT2D eigenvalue weighted by molar-refractivity contribution is -0.117. The summed E-state index contributed by atoms with van der Waals surface area (Å²) in [6.45, 7) is 1.81. The topological polar surface area (TPSA) is 81.2 Å². The molecule has 0 saturated heterocycles. The Hall–Kier alpha value is -2.30. The lowest BCUT2D eigenvalue weighted by Crippen LogP contribution is -2.19. The third-order valence-electron chi connectivity index (χ3n) is 2.49. The zero-order valence-corrected chi connectivity index (χ0v) is 9.38. The largest absolute Gasteiger partial charge is 0.399 e. The van der Waals surface area contributed by atoms with Crippen molar-refractivity contribution in [1.82, 2.24) is 5.16 Å². The maximum Gasteiger partial charge on any atom is 0.232 e. The van der Waals surface area contributed by atoms with E-state index in [1.54, 1.807) is 18.2 Å². The van der Waals surface area contributed by atoms with Crippen LogP contribution in [0, 0.1) is 0 Å². The van der Waals surface area contributed by atoms with Crippen LogP contribution in [-0.2, 0) is 4.79 Å². The second-order valence-corrected chi connectivity index (χ2v) is 3.77. The number of benzene rings is 1. The molecular formula is C12H13N3O2. The van der Waals surface area contributed by atoms with Gasteiger partial charge >= 0.3 is 0 Å². The van der Waals surface area contributed by atoms with E-state index in [0.29, 0.717) is 11.5 Å². The SMILES string of the molecule is CC(C(=O)Nc1ccon1)c1cccc(N)c1. The number of rotatable bonds is 3. The molecule has 17 heavy (non-hydrogen) atoms. The fraction of sp³-hybridized carbons (Fsp3) is 0.167. The number of hydrogen-bond acceptors (Lipinski definition) is 4. The summed E-state index contributed by atoms with van der Waals surface area (Å²) in [5, 5.41) is 6.27. The quantitative estimate of drug-likeness (QED) is 0.791. The van der Waals surface area contributed by atoms with Crippen molar-refractivity contribution in [1.29, 1.82) is 0 Å². The second kappa shape index (κ2) is 4.69. The number of anilines is 2. The van der Waals surface area contributed by atoms with Gasteiger partial charge in [-0.25, -0.2) is 0 Å². The molecule has 1 amide bonds. The van der Waals surface area contributed by atoms with E-state index < -0.39 is 0 Å². The number of nitrogens with two attached hydrogens (primary N) is 1. The van der Waals surface area contributed by atoms with Crippen LogP contribution >= 0.6 is 0 Å². The van der Waals surface area contributed by atoms with Gasteiger partial charge in [-0.2, -0.15) is 0 Å². The van der Waals surface area contributed by atoms with Crippen LogP contribution in [0.3, 0.4) is 0 Å². The minimum absolute atomic E-state index is 0.149. The first-order chi connectivity index (χ1) is 8.16. The van der Waals surface area contributed by atoms with Crippen molar-refractivity contribution < 1.29 is 9.32 Å². The standard InChI is InChI=1S/C12H13N3O2/c1-8(9-3-2-4-10(13)7-9)12(16)14-11-5-6-17-15-11/h2-8H,13H2,1H3,(H,14,15,16). The van der Waals surface area contributed by atoms with Gasteiger partial charge in [0, 0.05) is 11.8 Å². The molecule has 1 unspecified atom stereocenters. The van der Waals surface area contributed by atoms with Crippen LogP contribution in [0.1, 0.15) is 18.4 Å². The first-order valence-electron chi connectivity index (χ1n) is 5.23. The van der Waals surface area contributed by atoms with Crippen LogP contribution in [0.5, 0.6) is 0 Å². The lowest BCUT2D eigenvalue weighted by Gasteiger charge is -2.11. The molecule has 0 radical (unpaired) electrons. The molecule has 0 aliphatic rings. The molecule has 0 spiro atoms. The summed E-state index contributed by atoms with van der Waals surface area (Å²) >= 11 is 0. The van der Waals surface area contributed by atoms with Crippen molar-refractivity contribution in [3.63, 3.8) is 0 Å². The molecule has 1 heterocycles. The fourth-order valence-electron chi connectivity index (χ4n) is 1.49. The molecule has 2 aromatic rings. The van der Waals surface area contributed by atoms with Gasteiger partial charge in [0.05, 0.1) is 5.92 Å². The average molecular weight is 231 g/mol. The van der Waals surface area contributed by atoms with E-state index >= 15 is 0 Å². The van der Waals surface area contributed by atoms with Crippen molar-refractivity contribution in [2.75, 3.05) is 11.1 Å². The van der Waals surface area contributed by atoms with Gasteiger partial charge in [-0.1, -0.05) is 17.3 Å². The van der Waals surface area contributed by atoms with Gasteiger partial charge in [0.1, 0.15) is 6.26 Å². The maximum absolute atomic E-state index is 11.9. The van der Waals surface area contributed by atoms with Gasteiger partial charge in [0.2, 0.25) is 5.91 Å². The van der Waals surface area contributed by atoms with E-state index in [-0.39, 0.29) is 11.8 Å². The second-order valence-electron chi connectivity index (χ2n) is 3.77. The summed E-state index contributed by atoms with van der Waals surface area (Å²) in [5.74, 6) is -0.0366. The van der Waals surface area contributed by atoms with Crippen molar-refractivity contribution in [3.05, 3.63) is 42.2 Å². The van der Waals surface area contributed by atoms with Gasteiger partial charge in [-0.05, 0) is 24.6 Å². The van der Waals surface area contributed by atoms with Gasteiger partial charge in [-0.3, -0.25) is 4.79 Å². The molecule has 2 rings (SSSR count). The highest BCUT2D eigenvalue weighted by Crippen LogP contribution is 2.19. The molecule has 1 aromatic heterocycles. The van der Waals surface area contributed by atoms with E-state index in [9.17, 15) is 4.79 Å². The van der Waals surface area contributed by atoms with E-state index in [0.717, 1.165) is 5.56 Å². The van der Waals surface area contributed by atoms with E-state index in [2.05, 4.69) is 15.0 Å². The minimum atomic E-state index is -0.296. The maximum atomic E-state index is 11.9. The number of nitrogen functional groups attached to an aromatic ring is 1. The zero-order chi connectivity index (χ0) is 12.3. The number of nitrogens with zero attached hydrogens (tertiary/aromatic N) is 1. The van der Waals surface area contributed by atoms with Crippen LogP contribution in [0.15, 0.2) is 41.1 Å². The number of amides is 1. The molecule has 5 nitrogen and oxygen atoms in total. The Balaban J connectivity index is 2.09. The summed E-state index contributed by atoms with van der Waals surface area (Å²) in [5.41, 5.74) is 7.18. The Kier molecular flexibility index (Phi) is 3.09. The molecule has 0 saturated carbocycles. The molecule has 0 fully saturated rings. The van der Waals surface area contributed by atoms with Gasteiger partial charge in [0.25, 0.3) is 0 Å². The minimum Gasteiger partial charge on any atom is -0.399 e. The Morgan fingerprint density at radius 2 is 2.29 bits per heavy atom. The highest BCUT2D eigenvalue weighted by atomic mass is 16.5. The van der Waals surface area contributed by atoms with Crippen LogP contribution in [-0.4, -0.2) is 11.1 Å². The summed E-state index contributed by atoms with van der Waals surface area (Å²) in [4.78, 5) is 11.9. The number of hydrogen-bond donors (Lipinski definition) is 2. The summed E-state index contributed by atoms with van der Waals surface area (Å²) in [7, 11) is 0. The van der Waals surface area contributed by atoms with Gasteiger partial charge < -0.3 is 15.6 Å². The average Bonchev–Trinajstić information content (AvgIpc) is 2.80. The number of carbonyl (C=O) groups excluding carboxylic acids is 1. The lowest BCUT2D eigenvalue weighted by atomic mass is 10.00. The van der Waals surface area contributed by atoms with Crippen molar-refractivity contribution in [2.45, 2.75) is 12.8 Å². The van der Waals surface area contributed by atoms with E-state index in [1.807, 2.05) is 19.1 Å². The summed E-state index contributed by atoms with van der Waals surface area (Å²) < 4.78 is 4.64. The number of aromatic nitrogens is 1. The first-order valence-corrected chi connectivity index (χ1v) is 5.23. The molecule has 3 N–H and O–H groups in total. The summed E-state index contributed by atoms with van der Waals surface area (Å²) in [6, 6.07) is 8.84. The molecule has 0 bridgehead atoms. The van der Waals surface area contributed by atoms with E-state index in [4.69, 9.17) is 5.73 Å². The molecule has 1 atom stereocenters. The first kappa shape index (κ1) is 11.2. The van der Waals surface area contributed by atoms with Gasteiger partial charge in [0.15, 0.2) is 5.82 Å². The highest BCUT2D eigenvalue weighted by molar-refractivity contribution is 5.94. The Labute approximate surface area is 98.6 Å². The summed E-state index contributed by atoms with van der Waals surface area (Å²) in [6.07, 6.45) is 1.40. The van der Waals surface area contributed by atoms with Crippen molar-refractivity contribution in [2.24, 2.45) is 0 Å². The Morgan fingerprint density at radius 1 is 1.47 bits per heavy atom. The molecule has 5 heteroatoms. The van der Waals surface area contributed by atoms with Crippen LogP contribution in [0.25, 0.3) is 0 Å². The van der Waals surface area contributed by atoms with E-state index in [1.165, 1.54) is 6.26 Å². The van der Waals surface area contributed by atoms with Crippen LogP contribution in [0.2, 0.25) is 0 Å². The third-order valence-corrected chi connectivity index (χ3v) is 2.49. The third kappa shape index (κ3) is 2.63. The van der Waals surface area contributed by atoms with Crippen molar-refractivity contribution >= 4 is 17.4 Å². The normalized spacial score (nSPS) is 12.1. The molecule has 88 valence electrons. The zero-order valence-electron chi connectivity index (χ0n) is 9.38.